The molecule has 0 saturated heterocycles. The van der Waals surface area contributed by atoms with Crippen LogP contribution in [0.1, 0.15) is 39.0 Å². The van der Waals surface area contributed by atoms with Crippen molar-refractivity contribution < 1.29 is 9.90 Å². The summed E-state index contributed by atoms with van der Waals surface area (Å²) < 4.78 is 0. The van der Waals surface area contributed by atoms with Crippen molar-refractivity contribution in [2.45, 2.75) is 44.6 Å². The molecule has 18 heavy (non-hydrogen) atoms. The van der Waals surface area contributed by atoms with E-state index in [4.69, 9.17) is 0 Å². The highest BCUT2D eigenvalue weighted by Gasteiger charge is 2.51. The lowest BCUT2D eigenvalue weighted by Crippen LogP contribution is -2.59. The Morgan fingerprint density at radius 3 is 2.44 bits per heavy atom. The van der Waals surface area contributed by atoms with Gasteiger partial charge < -0.3 is 15.3 Å². The summed E-state index contributed by atoms with van der Waals surface area (Å²) in [5.41, 5.74) is -0.718. The second-order valence-electron chi connectivity index (χ2n) is 5.98. The van der Waals surface area contributed by atoms with Crippen molar-refractivity contribution in [2.75, 3.05) is 26.7 Å². The first-order chi connectivity index (χ1) is 8.62. The quantitative estimate of drug-likeness (QED) is 0.655. The zero-order valence-corrected chi connectivity index (χ0v) is 11.6. The number of carbonyl (C=O) groups is 1. The molecule has 2 rings (SSSR count). The van der Waals surface area contributed by atoms with Gasteiger partial charge in [-0.05, 0) is 57.5 Å². The van der Waals surface area contributed by atoms with Crippen LogP contribution < -0.4 is 5.32 Å². The highest BCUT2D eigenvalue weighted by Crippen LogP contribution is 2.41. The van der Waals surface area contributed by atoms with Gasteiger partial charge in [-0.2, -0.15) is 0 Å². The second kappa shape index (κ2) is 5.57. The molecular weight excluding hydrogens is 228 g/mol. The standard InChI is InChI=1S/C14H26N2O2/c1-3-8-16(9-11-4-5-11)10-14(15-2,13(17)18)12-6-7-12/h11-12,15H,3-10H2,1-2H3,(H,17,18). The summed E-state index contributed by atoms with van der Waals surface area (Å²) in [6, 6.07) is 0. The molecule has 0 bridgehead atoms. The molecule has 4 nitrogen and oxygen atoms in total. The first kappa shape index (κ1) is 13.8. The monoisotopic (exact) mass is 254 g/mol. The highest BCUT2D eigenvalue weighted by molar-refractivity contribution is 5.80. The van der Waals surface area contributed by atoms with Gasteiger partial charge in [0.25, 0.3) is 0 Å². The summed E-state index contributed by atoms with van der Waals surface area (Å²) >= 11 is 0. The van der Waals surface area contributed by atoms with Crippen LogP contribution in [-0.4, -0.2) is 48.2 Å². The number of nitrogens with one attached hydrogen (secondary N) is 1. The van der Waals surface area contributed by atoms with Crippen molar-refractivity contribution in [1.29, 1.82) is 0 Å². The summed E-state index contributed by atoms with van der Waals surface area (Å²) in [4.78, 5) is 14.0. The highest BCUT2D eigenvalue weighted by atomic mass is 16.4. The Morgan fingerprint density at radius 2 is 2.06 bits per heavy atom. The summed E-state index contributed by atoms with van der Waals surface area (Å²) in [5, 5.41) is 12.7. The van der Waals surface area contributed by atoms with Crippen LogP contribution in [-0.2, 0) is 4.79 Å². The lowest BCUT2D eigenvalue weighted by Gasteiger charge is -2.35. The van der Waals surface area contributed by atoms with E-state index in [1.165, 1.54) is 12.8 Å². The Bertz CT molecular complexity index is 300. The van der Waals surface area contributed by atoms with Crippen molar-refractivity contribution >= 4 is 5.97 Å². The Balaban J connectivity index is 2.01. The Kier molecular flexibility index (Phi) is 4.28. The third-order valence-electron chi connectivity index (χ3n) is 4.33. The van der Waals surface area contributed by atoms with Gasteiger partial charge in [-0.15, -0.1) is 0 Å². The van der Waals surface area contributed by atoms with Gasteiger partial charge in [0.15, 0.2) is 0 Å². The molecule has 0 amide bonds. The van der Waals surface area contributed by atoms with Crippen LogP contribution in [0.3, 0.4) is 0 Å². The van der Waals surface area contributed by atoms with Gasteiger partial charge in [0.05, 0.1) is 0 Å². The molecule has 0 radical (unpaired) electrons. The van der Waals surface area contributed by atoms with E-state index < -0.39 is 11.5 Å². The molecule has 2 N–H and O–H groups in total. The van der Waals surface area contributed by atoms with Crippen molar-refractivity contribution in [2.24, 2.45) is 11.8 Å². The van der Waals surface area contributed by atoms with E-state index in [1.54, 1.807) is 7.05 Å². The lowest BCUT2D eigenvalue weighted by atomic mass is 9.92. The van der Waals surface area contributed by atoms with E-state index in [0.29, 0.717) is 12.5 Å². The van der Waals surface area contributed by atoms with Crippen LogP contribution in [0.25, 0.3) is 0 Å². The molecule has 2 fully saturated rings. The minimum atomic E-state index is -0.718. The van der Waals surface area contributed by atoms with Crippen LogP contribution in [0, 0.1) is 11.8 Å². The molecule has 0 aromatic rings. The Hall–Kier alpha value is -0.610. The van der Waals surface area contributed by atoms with Crippen LogP contribution in [0.4, 0.5) is 0 Å². The van der Waals surface area contributed by atoms with Crippen LogP contribution in [0.5, 0.6) is 0 Å². The third-order valence-corrected chi connectivity index (χ3v) is 4.33. The number of nitrogens with zero attached hydrogens (tertiary/aromatic N) is 1. The predicted molar refractivity (Wildman–Crippen MR) is 71.6 cm³/mol. The van der Waals surface area contributed by atoms with E-state index in [1.807, 2.05) is 0 Å². The smallest absolute Gasteiger partial charge is 0.325 e. The molecule has 0 aliphatic heterocycles. The predicted octanol–water partition coefficient (Wildman–Crippen LogP) is 1.56. The molecule has 1 atom stereocenters. The number of hydrogen-bond donors (Lipinski definition) is 2. The summed E-state index contributed by atoms with van der Waals surface area (Å²) in [7, 11) is 1.80. The van der Waals surface area contributed by atoms with Gasteiger partial charge in [0, 0.05) is 13.1 Å². The molecule has 104 valence electrons. The maximum Gasteiger partial charge on any atom is 0.325 e. The van der Waals surface area contributed by atoms with E-state index in [2.05, 4.69) is 17.1 Å². The maximum atomic E-state index is 11.7. The van der Waals surface area contributed by atoms with Gasteiger partial charge in [0.2, 0.25) is 0 Å². The van der Waals surface area contributed by atoms with Crippen molar-refractivity contribution in [3.8, 4) is 0 Å². The SMILES string of the molecule is CCCN(CC1CC1)CC(NC)(C(=O)O)C1CC1. The van der Waals surface area contributed by atoms with E-state index in [0.717, 1.165) is 38.3 Å². The average Bonchev–Trinajstić information content (AvgIpc) is 3.17. The maximum absolute atomic E-state index is 11.7. The zero-order valence-electron chi connectivity index (χ0n) is 11.6. The van der Waals surface area contributed by atoms with E-state index in [9.17, 15) is 9.90 Å². The number of rotatable bonds is 9. The molecule has 2 aliphatic carbocycles. The van der Waals surface area contributed by atoms with E-state index in [-0.39, 0.29) is 0 Å². The third kappa shape index (κ3) is 3.04. The first-order valence-corrected chi connectivity index (χ1v) is 7.27. The lowest BCUT2D eigenvalue weighted by molar-refractivity contribution is -0.146. The van der Waals surface area contributed by atoms with Gasteiger partial charge in [-0.25, -0.2) is 0 Å². The topological polar surface area (TPSA) is 52.6 Å². The van der Waals surface area contributed by atoms with Crippen molar-refractivity contribution in [3.63, 3.8) is 0 Å². The number of hydrogen-bond acceptors (Lipinski definition) is 3. The number of carboxylic acids is 1. The normalized spacial score (nSPS) is 23.1. The summed E-state index contributed by atoms with van der Waals surface area (Å²) in [6.45, 7) is 4.92. The van der Waals surface area contributed by atoms with Crippen LogP contribution >= 0.6 is 0 Å². The molecule has 0 aromatic heterocycles. The molecule has 0 heterocycles. The number of aliphatic carboxylic acids is 1. The minimum absolute atomic E-state index is 0.318. The molecular formula is C14H26N2O2. The summed E-state index contributed by atoms with van der Waals surface area (Å²) in [6.07, 6.45) is 5.84. The molecule has 0 aromatic carbocycles. The fourth-order valence-electron chi connectivity index (χ4n) is 2.91. The second-order valence-corrected chi connectivity index (χ2v) is 5.98. The zero-order chi connectivity index (χ0) is 13.2. The largest absolute Gasteiger partial charge is 0.480 e. The van der Waals surface area contributed by atoms with Crippen LogP contribution in [0.2, 0.25) is 0 Å². The molecule has 1 unspecified atom stereocenters. The number of carboxylic acid groups (broad SMARTS) is 1. The van der Waals surface area contributed by atoms with Gasteiger partial charge in [-0.1, -0.05) is 6.92 Å². The number of likely N-dealkylation sites (N-methyl/N-ethyl adjacent to an activating group) is 1. The van der Waals surface area contributed by atoms with E-state index >= 15 is 0 Å². The van der Waals surface area contributed by atoms with Gasteiger partial charge in [-0.3, -0.25) is 4.79 Å². The van der Waals surface area contributed by atoms with Crippen molar-refractivity contribution in [1.82, 2.24) is 10.2 Å². The summed E-state index contributed by atoms with van der Waals surface area (Å²) in [5.74, 6) is 0.460. The fraction of sp³-hybridized carbons (Fsp3) is 0.929. The molecule has 2 saturated carbocycles. The molecule has 0 spiro atoms. The first-order valence-electron chi connectivity index (χ1n) is 7.27. The van der Waals surface area contributed by atoms with Crippen LogP contribution in [0.15, 0.2) is 0 Å². The minimum Gasteiger partial charge on any atom is -0.480 e. The molecule has 2 aliphatic rings. The fourth-order valence-corrected chi connectivity index (χ4v) is 2.91. The van der Waals surface area contributed by atoms with Gasteiger partial charge in [0.1, 0.15) is 5.54 Å². The average molecular weight is 254 g/mol. The van der Waals surface area contributed by atoms with Crippen molar-refractivity contribution in [3.05, 3.63) is 0 Å². The molecule has 4 heteroatoms. The Labute approximate surface area is 110 Å². The van der Waals surface area contributed by atoms with Gasteiger partial charge >= 0.3 is 5.97 Å². The Morgan fingerprint density at radius 1 is 1.39 bits per heavy atom.